The Kier molecular flexibility index (Phi) is 3.03. The van der Waals surface area contributed by atoms with Crippen LogP contribution in [0.5, 0.6) is 0 Å². The van der Waals surface area contributed by atoms with E-state index in [1.807, 2.05) is 6.07 Å². The van der Waals surface area contributed by atoms with Crippen molar-refractivity contribution in [2.24, 2.45) is 0 Å². The molecule has 0 amide bonds. The quantitative estimate of drug-likeness (QED) is 0.752. The number of hydrogen-bond donors (Lipinski definition) is 1. The molecule has 2 aromatic carbocycles. The Morgan fingerprint density at radius 1 is 0.875 bits per heavy atom. The molecule has 2 rings (SSSR count). The van der Waals surface area contributed by atoms with Crippen LogP contribution in [-0.2, 0) is 0 Å². The van der Waals surface area contributed by atoms with Crippen LogP contribution >= 0.6 is 23.2 Å². The van der Waals surface area contributed by atoms with E-state index in [-0.39, 0.29) is 5.02 Å². The number of nitrogens with two attached hydrogens (primary N) is 1. The zero-order chi connectivity index (χ0) is 11.7. The molecule has 0 unspecified atom stereocenters. The van der Waals surface area contributed by atoms with Gasteiger partial charge in [-0.25, -0.2) is 4.39 Å². The SMILES string of the molecule is Nc1ccc(-c2ccc(F)c(Cl)c2)cc1Cl. The van der Waals surface area contributed by atoms with Gasteiger partial charge in [0.2, 0.25) is 0 Å². The van der Waals surface area contributed by atoms with Gasteiger partial charge in [0.05, 0.1) is 15.7 Å². The van der Waals surface area contributed by atoms with E-state index in [1.165, 1.54) is 6.07 Å². The molecular weight excluding hydrogens is 248 g/mol. The van der Waals surface area contributed by atoms with E-state index >= 15 is 0 Å². The van der Waals surface area contributed by atoms with Crippen LogP contribution in [0.1, 0.15) is 0 Å². The molecule has 0 atom stereocenters. The monoisotopic (exact) mass is 255 g/mol. The minimum absolute atomic E-state index is 0.0884. The fourth-order valence-corrected chi connectivity index (χ4v) is 1.74. The maximum atomic E-state index is 13.0. The Labute approximate surface area is 103 Å². The first-order valence-electron chi connectivity index (χ1n) is 4.58. The van der Waals surface area contributed by atoms with Crippen LogP contribution in [0.2, 0.25) is 10.0 Å². The maximum Gasteiger partial charge on any atom is 0.141 e. The van der Waals surface area contributed by atoms with E-state index in [4.69, 9.17) is 28.9 Å². The van der Waals surface area contributed by atoms with E-state index < -0.39 is 5.82 Å². The topological polar surface area (TPSA) is 26.0 Å². The van der Waals surface area contributed by atoms with E-state index in [0.29, 0.717) is 10.7 Å². The average molecular weight is 256 g/mol. The largest absolute Gasteiger partial charge is 0.398 e. The van der Waals surface area contributed by atoms with E-state index in [1.54, 1.807) is 24.3 Å². The minimum atomic E-state index is -0.438. The molecule has 2 N–H and O–H groups in total. The van der Waals surface area contributed by atoms with Crippen LogP contribution in [-0.4, -0.2) is 0 Å². The lowest BCUT2D eigenvalue weighted by molar-refractivity contribution is 0.628. The first-order chi connectivity index (χ1) is 7.58. The van der Waals surface area contributed by atoms with Gasteiger partial charge < -0.3 is 5.73 Å². The van der Waals surface area contributed by atoms with Gasteiger partial charge in [-0.2, -0.15) is 0 Å². The molecule has 0 heterocycles. The van der Waals surface area contributed by atoms with Gasteiger partial charge in [0.25, 0.3) is 0 Å². The van der Waals surface area contributed by atoms with E-state index in [9.17, 15) is 4.39 Å². The van der Waals surface area contributed by atoms with Crippen molar-refractivity contribution in [3.8, 4) is 11.1 Å². The van der Waals surface area contributed by atoms with Crippen molar-refractivity contribution >= 4 is 28.9 Å². The molecule has 0 fully saturated rings. The van der Waals surface area contributed by atoms with Crippen LogP contribution < -0.4 is 5.73 Å². The average Bonchev–Trinajstić information content (AvgIpc) is 2.26. The second-order valence-corrected chi connectivity index (χ2v) is 4.18. The zero-order valence-electron chi connectivity index (χ0n) is 8.18. The molecule has 16 heavy (non-hydrogen) atoms. The van der Waals surface area contributed by atoms with Gasteiger partial charge in [-0.1, -0.05) is 35.3 Å². The van der Waals surface area contributed by atoms with Crippen molar-refractivity contribution in [3.05, 3.63) is 52.3 Å². The van der Waals surface area contributed by atoms with E-state index in [0.717, 1.165) is 11.1 Å². The second-order valence-electron chi connectivity index (χ2n) is 3.37. The minimum Gasteiger partial charge on any atom is -0.398 e. The van der Waals surface area contributed by atoms with Gasteiger partial charge in [-0.15, -0.1) is 0 Å². The van der Waals surface area contributed by atoms with Crippen LogP contribution in [0.4, 0.5) is 10.1 Å². The predicted octanol–water partition coefficient (Wildman–Crippen LogP) is 4.38. The summed E-state index contributed by atoms with van der Waals surface area (Å²) in [6.45, 7) is 0. The van der Waals surface area contributed by atoms with Gasteiger partial charge in [-0.05, 0) is 35.4 Å². The van der Waals surface area contributed by atoms with Crippen molar-refractivity contribution in [2.45, 2.75) is 0 Å². The van der Waals surface area contributed by atoms with Gasteiger partial charge >= 0.3 is 0 Å². The van der Waals surface area contributed by atoms with Crippen LogP contribution in [0.25, 0.3) is 11.1 Å². The van der Waals surface area contributed by atoms with Gasteiger partial charge in [0.15, 0.2) is 0 Å². The first kappa shape index (κ1) is 11.2. The van der Waals surface area contributed by atoms with Crippen molar-refractivity contribution < 1.29 is 4.39 Å². The molecule has 0 aliphatic heterocycles. The fraction of sp³-hybridized carbons (Fsp3) is 0. The molecule has 0 saturated heterocycles. The highest BCUT2D eigenvalue weighted by atomic mass is 35.5. The molecule has 4 heteroatoms. The number of rotatable bonds is 1. The third-order valence-electron chi connectivity index (χ3n) is 2.25. The number of benzene rings is 2. The highest BCUT2D eigenvalue weighted by molar-refractivity contribution is 6.33. The fourth-order valence-electron chi connectivity index (χ4n) is 1.38. The van der Waals surface area contributed by atoms with Crippen LogP contribution in [0.3, 0.4) is 0 Å². The third-order valence-corrected chi connectivity index (χ3v) is 2.87. The standard InChI is InChI=1S/C12H8Cl2FN/c13-9-5-7(1-3-11(9)15)8-2-4-12(16)10(14)6-8/h1-6H,16H2. The summed E-state index contributed by atoms with van der Waals surface area (Å²) in [5.74, 6) is -0.438. The first-order valence-corrected chi connectivity index (χ1v) is 5.34. The highest BCUT2D eigenvalue weighted by Crippen LogP contribution is 2.29. The van der Waals surface area contributed by atoms with Gasteiger partial charge in [0.1, 0.15) is 5.82 Å². The smallest absolute Gasteiger partial charge is 0.141 e. The summed E-state index contributed by atoms with van der Waals surface area (Å²) in [5, 5.41) is 0.559. The molecule has 0 radical (unpaired) electrons. The van der Waals surface area contributed by atoms with E-state index in [2.05, 4.69) is 0 Å². The molecule has 0 saturated carbocycles. The lowest BCUT2D eigenvalue weighted by Gasteiger charge is -2.05. The molecule has 1 nitrogen and oxygen atoms in total. The summed E-state index contributed by atoms with van der Waals surface area (Å²) in [7, 11) is 0. The Hall–Kier alpha value is -1.25. The molecule has 0 aliphatic rings. The molecular formula is C12H8Cl2FN. The number of anilines is 1. The number of hydrogen-bond acceptors (Lipinski definition) is 1. The zero-order valence-corrected chi connectivity index (χ0v) is 9.69. The lowest BCUT2D eigenvalue weighted by Crippen LogP contribution is -1.87. The molecule has 82 valence electrons. The number of nitrogen functional groups attached to an aromatic ring is 1. The third kappa shape index (κ3) is 2.13. The Morgan fingerprint density at radius 2 is 1.44 bits per heavy atom. The molecule has 0 aliphatic carbocycles. The van der Waals surface area contributed by atoms with Crippen molar-refractivity contribution in [3.63, 3.8) is 0 Å². The van der Waals surface area contributed by atoms with Crippen molar-refractivity contribution in [1.29, 1.82) is 0 Å². The Bertz CT molecular complexity index is 491. The lowest BCUT2D eigenvalue weighted by atomic mass is 10.1. The van der Waals surface area contributed by atoms with Crippen molar-refractivity contribution in [2.75, 3.05) is 5.73 Å². The normalized spacial score (nSPS) is 10.4. The summed E-state index contributed by atoms with van der Waals surface area (Å²) < 4.78 is 13.0. The molecule has 0 bridgehead atoms. The molecule has 2 aromatic rings. The Balaban J connectivity index is 2.50. The van der Waals surface area contributed by atoms with Crippen LogP contribution in [0, 0.1) is 5.82 Å². The predicted molar refractivity (Wildman–Crippen MR) is 66.3 cm³/mol. The van der Waals surface area contributed by atoms with Crippen molar-refractivity contribution in [1.82, 2.24) is 0 Å². The summed E-state index contributed by atoms with van der Waals surface area (Å²) in [6, 6.07) is 9.75. The highest BCUT2D eigenvalue weighted by Gasteiger charge is 2.04. The second kappa shape index (κ2) is 4.32. The maximum absolute atomic E-state index is 13.0. The Morgan fingerprint density at radius 3 is 2.00 bits per heavy atom. The molecule has 0 aromatic heterocycles. The summed E-state index contributed by atoms with van der Waals surface area (Å²) in [4.78, 5) is 0. The van der Waals surface area contributed by atoms with Gasteiger partial charge in [0, 0.05) is 0 Å². The summed E-state index contributed by atoms with van der Waals surface area (Å²) in [5.41, 5.74) is 7.76. The summed E-state index contributed by atoms with van der Waals surface area (Å²) in [6.07, 6.45) is 0. The van der Waals surface area contributed by atoms with Crippen LogP contribution in [0.15, 0.2) is 36.4 Å². The summed E-state index contributed by atoms with van der Waals surface area (Å²) >= 11 is 11.6. The van der Waals surface area contributed by atoms with Gasteiger partial charge in [-0.3, -0.25) is 0 Å². The molecule has 0 spiro atoms. The number of halogens is 3.